The number of hydrogen-bond acceptors (Lipinski definition) is 4. The number of rotatable bonds is 8. The van der Waals surface area contributed by atoms with Gasteiger partial charge in [-0.15, -0.1) is 0 Å². The molecule has 0 aliphatic carbocycles. The largest absolute Gasteiger partial charge is 0.448 e. The molecule has 1 N–H and O–H groups in total. The summed E-state index contributed by atoms with van der Waals surface area (Å²) in [5.41, 5.74) is 0. The van der Waals surface area contributed by atoms with Gasteiger partial charge >= 0.3 is 0 Å². The van der Waals surface area contributed by atoms with E-state index < -0.39 is 9.84 Å². The first-order valence-electron chi connectivity index (χ1n) is 6.08. The highest BCUT2D eigenvalue weighted by Gasteiger charge is 2.15. The molecule has 104 valence electrons. The van der Waals surface area contributed by atoms with Crippen LogP contribution in [-0.2, 0) is 9.84 Å². The summed E-state index contributed by atoms with van der Waals surface area (Å²) >= 11 is 5.75. The van der Waals surface area contributed by atoms with Crippen LogP contribution in [0.15, 0.2) is 16.5 Å². The van der Waals surface area contributed by atoms with E-state index in [0.29, 0.717) is 11.6 Å². The maximum Gasteiger partial charge on any atom is 0.193 e. The normalized spacial score (nSPS) is 13.7. The van der Waals surface area contributed by atoms with Crippen molar-refractivity contribution in [2.45, 2.75) is 32.2 Å². The van der Waals surface area contributed by atoms with Gasteiger partial charge in [0.15, 0.2) is 5.22 Å². The van der Waals surface area contributed by atoms with Crippen LogP contribution < -0.4 is 5.32 Å². The Kier molecular flexibility index (Phi) is 6.18. The summed E-state index contributed by atoms with van der Waals surface area (Å²) < 4.78 is 27.6. The lowest BCUT2D eigenvalue weighted by Crippen LogP contribution is -2.22. The number of nitrogens with one attached hydrogen (secondary N) is 1. The van der Waals surface area contributed by atoms with Gasteiger partial charge in [-0.1, -0.05) is 6.92 Å². The lowest BCUT2D eigenvalue weighted by Gasteiger charge is -2.15. The second-order valence-corrected chi connectivity index (χ2v) is 7.05. The smallest absolute Gasteiger partial charge is 0.193 e. The van der Waals surface area contributed by atoms with E-state index >= 15 is 0 Å². The van der Waals surface area contributed by atoms with Crippen LogP contribution in [0.1, 0.15) is 38.0 Å². The van der Waals surface area contributed by atoms with Gasteiger partial charge in [0.25, 0.3) is 0 Å². The summed E-state index contributed by atoms with van der Waals surface area (Å²) in [6.45, 7) is 2.94. The van der Waals surface area contributed by atoms with Gasteiger partial charge in [0.2, 0.25) is 0 Å². The SMILES string of the molecule is CCCNC(CCCS(C)(=O)=O)c1ccc(Cl)o1. The van der Waals surface area contributed by atoms with Crippen molar-refractivity contribution in [3.8, 4) is 0 Å². The average molecular weight is 294 g/mol. The fourth-order valence-corrected chi connectivity index (χ4v) is 2.57. The molecule has 6 heteroatoms. The van der Waals surface area contributed by atoms with Crippen LogP contribution in [0.2, 0.25) is 5.22 Å². The van der Waals surface area contributed by atoms with Crippen LogP contribution >= 0.6 is 11.6 Å². The zero-order valence-electron chi connectivity index (χ0n) is 10.8. The third kappa shape index (κ3) is 5.89. The van der Waals surface area contributed by atoms with Crippen LogP contribution in [0.25, 0.3) is 0 Å². The Balaban J connectivity index is 2.56. The molecule has 4 nitrogen and oxygen atoms in total. The third-order valence-electron chi connectivity index (χ3n) is 2.59. The summed E-state index contributed by atoms with van der Waals surface area (Å²) in [6.07, 6.45) is 3.59. The van der Waals surface area contributed by atoms with E-state index in [-0.39, 0.29) is 11.8 Å². The van der Waals surface area contributed by atoms with E-state index in [0.717, 1.165) is 25.1 Å². The number of sulfone groups is 1. The zero-order chi connectivity index (χ0) is 13.6. The monoisotopic (exact) mass is 293 g/mol. The molecule has 0 aliphatic rings. The molecule has 0 amide bonds. The van der Waals surface area contributed by atoms with Gasteiger partial charge in [-0.2, -0.15) is 0 Å². The lowest BCUT2D eigenvalue weighted by molar-refractivity contribution is 0.394. The van der Waals surface area contributed by atoms with Gasteiger partial charge in [-0.3, -0.25) is 0 Å². The Hall–Kier alpha value is -0.520. The van der Waals surface area contributed by atoms with Gasteiger partial charge in [0.1, 0.15) is 15.6 Å². The molecule has 1 atom stereocenters. The molecule has 0 spiro atoms. The van der Waals surface area contributed by atoms with Crippen LogP contribution in [-0.4, -0.2) is 27.0 Å². The van der Waals surface area contributed by atoms with E-state index in [2.05, 4.69) is 12.2 Å². The molecule has 1 aromatic rings. The summed E-state index contributed by atoms with van der Waals surface area (Å²) in [5.74, 6) is 0.966. The maximum atomic E-state index is 11.1. The molecule has 1 heterocycles. The topological polar surface area (TPSA) is 59.3 Å². The van der Waals surface area contributed by atoms with Crippen molar-refractivity contribution in [2.75, 3.05) is 18.6 Å². The van der Waals surface area contributed by atoms with E-state index in [1.165, 1.54) is 6.26 Å². The maximum absolute atomic E-state index is 11.1. The summed E-state index contributed by atoms with van der Waals surface area (Å²) in [4.78, 5) is 0. The van der Waals surface area contributed by atoms with Crippen molar-refractivity contribution in [3.05, 3.63) is 23.1 Å². The Bertz CT molecular complexity index is 456. The molecular weight excluding hydrogens is 274 g/mol. The van der Waals surface area contributed by atoms with Crippen molar-refractivity contribution in [1.29, 1.82) is 0 Å². The molecule has 0 aliphatic heterocycles. The molecule has 0 radical (unpaired) electrons. The predicted octanol–water partition coefficient (Wildman–Crippen LogP) is 2.80. The van der Waals surface area contributed by atoms with Gasteiger partial charge in [-0.05, 0) is 49.5 Å². The molecule has 0 saturated heterocycles. The molecule has 1 rings (SSSR count). The minimum absolute atomic E-state index is 0.0270. The molecule has 1 aromatic heterocycles. The second kappa shape index (κ2) is 7.16. The Morgan fingerprint density at radius 2 is 2.17 bits per heavy atom. The summed E-state index contributed by atoms with van der Waals surface area (Å²) in [7, 11) is -2.90. The van der Waals surface area contributed by atoms with E-state index in [9.17, 15) is 8.42 Å². The van der Waals surface area contributed by atoms with Crippen molar-refractivity contribution in [1.82, 2.24) is 5.32 Å². The highest BCUT2D eigenvalue weighted by Crippen LogP contribution is 2.23. The minimum Gasteiger partial charge on any atom is -0.448 e. The van der Waals surface area contributed by atoms with Gasteiger partial charge in [0.05, 0.1) is 6.04 Å². The Morgan fingerprint density at radius 3 is 2.67 bits per heavy atom. The minimum atomic E-state index is -2.90. The van der Waals surface area contributed by atoms with Crippen LogP contribution in [0, 0.1) is 0 Å². The molecule has 0 fully saturated rings. The Labute approximate surface area is 114 Å². The second-order valence-electron chi connectivity index (χ2n) is 4.42. The summed E-state index contributed by atoms with van der Waals surface area (Å²) in [5, 5.41) is 3.70. The summed E-state index contributed by atoms with van der Waals surface area (Å²) in [6, 6.07) is 3.56. The van der Waals surface area contributed by atoms with Crippen molar-refractivity contribution >= 4 is 21.4 Å². The van der Waals surface area contributed by atoms with Crippen LogP contribution in [0.5, 0.6) is 0 Å². The number of furan rings is 1. The van der Waals surface area contributed by atoms with Crippen LogP contribution in [0.3, 0.4) is 0 Å². The first-order valence-corrected chi connectivity index (χ1v) is 8.52. The van der Waals surface area contributed by atoms with E-state index in [1.807, 2.05) is 6.07 Å². The lowest BCUT2D eigenvalue weighted by atomic mass is 10.1. The van der Waals surface area contributed by atoms with Gasteiger partial charge < -0.3 is 9.73 Å². The number of hydrogen-bond donors (Lipinski definition) is 1. The molecule has 0 aromatic carbocycles. The average Bonchev–Trinajstić information content (AvgIpc) is 2.68. The molecule has 0 saturated carbocycles. The quantitative estimate of drug-likeness (QED) is 0.801. The fraction of sp³-hybridized carbons (Fsp3) is 0.667. The highest BCUT2D eigenvalue weighted by molar-refractivity contribution is 7.90. The van der Waals surface area contributed by atoms with Gasteiger partial charge in [-0.25, -0.2) is 8.42 Å². The first-order chi connectivity index (χ1) is 8.42. The standard InChI is InChI=1S/C12H20ClNO3S/c1-3-8-14-10(5-4-9-18(2,15)16)11-6-7-12(13)17-11/h6-7,10,14H,3-5,8-9H2,1-2H3. The number of halogens is 1. The fourth-order valence-electron chi connectivity index (χ4n) is 1.73. The van der Waals surface area contributed by atoms with E-state index in [4.69, 9.17) is 16.0 Å². The predicted molar refractivity (Wildman–Crippen MR) is 73.7 cm³/mol. The van der Waals surface area contributed by atoms with Crippen LogP contribution in [0.4, 0.5) is 0 Å². The molecule has 18 heavy (non-hydrogen) atoms. The zero-order valence-corrected chi connectivity index (χ0v) is 12.4. The molecular formula is C12H20ClNO3S. The third-order valence-corrected chi connectivity index (χ3v) is 3.82. The van der Waals surface area contributed by atoms with Crippen molar-refractivity contribution in [2.24, 2.45) is 0 Å². The molecule has 0 bridgehead atoms. The van der Waals surface area contributed by atoms with E-state index in [1.54, 1.807) is 6.07 Å². The Morgan fingerprint density at radius 1 is 1.44 bits per heavy atom. The molecule has 1 unspecified atom stereocenters. The highest BCUT2D eigenvalue weighted by atomic mass is 35.5. The first kappa shape index (κ1) is 15.5. The van der Waals surface area contributed by atoms with Gasteiger partial charge in [0, 0.05) is 12.0 Å². The van der Waals surface area contributed by atoms with Crippen molar-refractivity contribution in [3.63, 3.8) is 0 Å². The van der Waals surface area contributed by atoms with Crippen molar-refractivity contribution < 1.29 is 12.8 Å².